The summed E-state index contributed by atoms with van der Waals surface area (Å²) in [4.78, 5) is 10.4. The molecule has 1 heterocycles. The number of carboxylic acids is 1. The molecule has 0 fully saturated rings. The van der Waals surface area contributed by atoms with Crippen LogP contribution in [0, 0.1) is 0 Å². The number of rotatable bonds is 5. The molecular formula is C8H11NO3S. The Bertz CT molecular complexity index is 285. The number of hydrogen-bond acceptors (Lipinski definition) is 4. The van der Waals surface area contributed by atoms with E-state index in [2.05, 4.69) is 12.1 Å². The molecule has 0 spiro atoms. The molecule has 0 atom stereocenters. The van der Waals surface area contributed by atoms with Crippen molar-refractivity contribution in [2.45, 2.75) is 19.1 Å². The monoisotopic (exact) mass is 201 g/mol. The highest BCUT2D eigenvalue weighted by Crippen LogP contribution is 2.13. The number of aromatic carboxylic acids is 1. The fourth-order valence-electron chi connectivity index (χ4n) is 0.799. The van der Waals surface area contributed by atoms with Crippen LogP contribution in [0.3, 0.4) is 0 Å². The third-order valence-electron chi connectivity index (χ3n) is 1.37. The Balaban J connectivity index is 2.44. The highest BCUT2D eigenvalue weighted by Gasteiger charge is 2.09. The van der Waals surface area contributed by atoms with Crippen LogP contribution in [-0.2, 0) is 5.75 Å². The highest BCUT2D eigenvalue weighted by molar-refractivity contribution is 7.98. The van der Waals surface area contributed by atoms with Gasteiger partial charge in [0.05, 0.1) is 5.75 Å². The minimum absolute atomic E-state index is 0.0212. The zero-order chi connectivity index (χ0) is 9.68. The number of carbonyl (C=O) groups is 1. The maximum atomic E-state index is 10.4. The fraction of sp³-hybridized carbons (Fsp3) is 0.500. The Kier molecular flexibility index (Phi) is 3.82. The number of nitrogens with zero attached hydrogens (tertiary/aromatic N) is 1. The van der Waals surface area contributed by atoms with Crippen LogP contribution in [0.2, 0.25) is 0 Å². The van der Waals surface area contributed by atoms with E-state index in [4.69, 9.17) is 9.63 Å². The van der Waals surface area contributed by atoms with Gasteiger partial charge in [0, 0.05) is 6.07 Å². The van der Waals surface area contributed by atoms with Crippen molar-refractivity contribution in [3.63, 3.8) is 0 Å². The van der Waals surface area contributed by atoms with Gasteiger partial charge in [0.25, 0.3) is 0 Å². The predicted molar refractivity (Wildman–Crippen MR) is 49.9 cm³/mol. The predicted octanol–water partition coefficient (Wildman–Crippen LogP) is 2.02. The van der Waals surface area contributed by atoms with Crippen molar-refractivity contribution in [1.29, 1.82) is 0 Å². The Morgan fingerprint density at radius 2 is 2.54 bits per heavy atom. The summed E-state index contributed by atoms with van der Waals surface area (Å²) in [6.07, 6.45) is 1.10. The molecule has 13 heavy (non-hydrogen) atoms. The number of hydrogen-bond donors (Lipinski definition) is 1. The standard InChI is InChI=1S/C8H11NO3S/c1-2-3-13-5-6-4-7(8(10)11)9-12-6/h4H,2-3,5H2,1H3,(H,10,11). The van der Waals surface area contributed by atoms with E-state index in [-0.39, 0.29) is 5.69 Å². The van der Waals surface area contributed by atoms with Gasteiger partial charge in [0.15, 0.2) is 5.69 Å². The van der Waals surface area contributed by atoms with E-state index < -0.39 is 5.97 Å². The molecule has 72 valence electrons. The second-order valence-electron chi connectivity index (χ2n) is 2.54. The molecule has 0 radical (unpaired) electrons. The first-order valence-corrected chi connectivity index (χ1v) is 5.16. The first-order chi connectivity index (χ1) is 6.24. The minimum Gasteiger partial charge on any atom is -0.476 e. The summed E-state index contributed by atoms with van der Waals surface area (Å²) < 4.78 is 4.82. The Labute approximate surface area is 80.3 Å². The van der Waals surface area contributed by atoms with Gasteiger partial charge in [-0.05, 0) is 12.2 Å². The molecule has 0 aliphatic rings. The first-order valence-electron chi connectivity index (χ1n) is 4.00. The zero-order valence-electron chi connectivity index (χ0n) is 7.32. The average Bonchev–Trinajstić information content (AvgIpc) is 2.53. The molecule has 1 N–H and O–H groups in total. The van der Waals surface area contributed by atoms with Crippen LogP contribution in [0.5, 0.6) is 0 Å². The van der Waals surface area contributed by atoms with E-state index in [9.17, 15) is 4.79 Å². The van der Waals surface area contributed by atoms with Crippen LogP contribution >= 0.6 is 11.8 Å². The third-order valence-corrected chi connectivity index (χ3v) is 2.56. The molecule has 0 unspecified atom stereocenters. The van der Waals surface area contributed by atoms with Crippen molar-refractivity contribution < 1.29 is 14.4 Å². The van der Waals surface area contributed by atoms with Crippen molar-refractivity contribution in [2.75, 3.05) is 5.75 Å². The third kappa shape index (κ3) is 3.10. The Morgan fingerprint density at radius 3 is 3.08 bits per heavy atom. The van der Waals surface area contributed by atoms with Crippen LogP contribution in [0.4, 0.5) is 0 Å². The molecule has 0 aliphatic heterocycles. The summed E-state index contributed by atoms with van der Waals surface area (Å²) >= 11 is 1.70. The van der Waals surface area contributed by atoms with Crippen LogP contribution in [0.15, 0.2) is 10.6 Å². The molecule has 0 aliphatic carbocycles. The van der Waals surface area contributed by atoms with E-state index in [1.54, 1.807) is 11.8 Å². The molecule has 0 amide bonds. The van der Waals surface area contributed by atoms with Gasteiger partial charge in [-0.2, -0.15) is 11.8 Å². The van der Waals surface area contributed by atoms with E-state index in [1.807, 2.05) is 0 Å². The SMILES string of the molecule is CCCSCc1cc(C(=O)O)no1. The number of carboxylic acid groups (broad SMARTS) is 1. The van der Waals surface area contributed by atoms with Gasteiger partial charge < -0.3 is 9.63 Å². The molecule has 0 aromatic carbocycles. The summed E-state index contributed by atoms with van der Waals surface area (Å²) in [7, 11) is 0. The summed E-state index contributed by atoms with van der Waals surface area (Å²) in [6, 6.07) is 1.46. The molecule has 0 saturated heterocycles. The van der Waals surface area contributed by atoms with Crippen LogP contribution < -0.4 is 0 Å². The minimum atomic E-state index is -1.05. The maximum Gasteiger partial charge on any atom is 0.358 e. The van der Waals surface area contributed by atoms with Gasteiger partial charge in [0.1, 0.15) is 5.76 Å². The highest BCUT2D eigenvalue weighted by atomic mass is 32.2. The van der Waals surface area contributed by atoms with Gasteiger partial charge in [-0.3, -0.25) is 0 Å². The summed E-state index contributed by atoms with van der Waals surface area (Å²) in [5.74, 6) is 1.31. The van der Waals surface area contributed by atoms with Gasteiger partial charge in [-0.25, -0.2) is 4.79 Å². The molecule has 1 rings (SSSR count). The number of thioether (sulfide) groups is 1. The lowest BCUT2D eigenvalue weighted by molar-refractivity contribution is 0.0685. The van der Waals surface area contributed by atoms with Crippen LogP contribution in [0.25, 0.3) is 0 Å². The number of aromatic nitrogens is 1. The van der Waals surface area contributed by atoms with Crippen molar-refractivity contribution in [1.82, 2.24) is 5.16 Å². The van der Waals surface area contributed by atoms with Gasteiger partial charge >= 0.3 is 5.97 Å². The second kappa shape index (κ2) is 4.91. The lowest BCUT2D eigenvalue weighted by atomic mass is 10.4. The van der Waals surface area contributed by atoms with Crippen molar-refractivity contribution >= 4 is 17.7 Å². The van der Waals surface area contributed by atoms with E-state index in [1.165, 1.54) is 6.07 Å². The van der Waals surface area contributed by atoms with Crippen molar-refractivity contribution in [2.24, 2.45) is 0 Å². The maximum absolute atomic E-state index is 10.4. The fourth-order valence-corrected chi connectivity index (χ4v) is 1.57. The van der Waals surface area contributed by atoms with Crippen LogP contribution in [0.1, 0.15) is 29.6 Å². The topological polar surface area (TPSA) is 63.3 Å². The van der Waals surface area contributed by atoms with E-state index in [0.717, 1.165) is 12.2 Å². The zero-order valence-corrected chi connectivity index (χ0v) is 8.13. The molecule has 0 bridgehead atoms. The normalized spacial score (nSPS) is 10.2. The van der Waals surface area contributed by atoms with Crippen molar-refractivity contribution in [3.05, 3.63) is 17.5 Å². The first kappa shape index (κ1) is 10.1. The molecule has 0 saturated carbocycles. The molecular weight excluding hydrogens is 190 g/mol. The van der Waals surface area contributed by atoms with Gasteiger partial charge in [-0.1, -0.05) is 12.1 Å². The van der Waals surface area contributed by atoms with Gasteiger partial charge in [-0.15, -0.1) is 0 Å². The molecule has 1 aromatic rings. The molecule has 1 aromatic heterocycles. The van der Waals surface area contributed by atoms with Crippen molar-refractivity contribution in [3.8, 4) is 0 Å². The summed E-state index contributed by atoms with van der Waals surface area (Å²) in [6.45, 7) is 2.09. The molecule has 4 nitrogen and oxygen atoms in total. The quantitative estimate of drug-likeness (QED) is 0.738. The van der Waals surface area contributed by atoms with E-state index in [0.29, 0.717) is 11.5 Å². The average molecular weight is 201 g/mol. The lowest BCUT2D eigenvalue weighted by Gasteiger charge is -1.92. The summed E-state index contributed by atoms with van der Waals surface area (Å²) in [5, 5.41) is 11.9. The van der Waals surface area contributed by atoms with E-state index >= 15 is 0 Å². The largest absolute Gasteiger partial charge is 0.476 e. The second-order valence-corrected chi connectivity index (χ2v) is 3.64. The Morgan fingerprint density at radius 1 is 1.77 bits per heavy atom. The van der Waals surface area contributed by atoms with Crippen LogP contribution in [-0.4, -0.2) is 22.0 Å². The summed E-state index contributed by atoms with van der Waals surface area (Å²) in [5.41, 5.74) is -0.0212. The van der Waals surface area contributed by atoms with Gasteiger partial charge in [0.2, 0.25) is 0 Å². The Hall–Kier alpha value is -0.970. The molecule has 5 heteroatoms. The smallest absolute Gasteiger partial charge is 0.358 e. The lowest BCUT2D eigenvalue weighted by Crippen LogP contribution is -1.94.